The van der Waals surface area contributed by atoms with Crippen LogP contribution < -0.4 is 10.0 Å². The number of amides is 1. The quantitative estimate of drug-likeness (QED) is 0.676. The van der Waals surface area contributed by atoms with Gasteiger partial charge >= 0.3 is 0 Å². The molecule has 0 spiro atoms. The lowest BCUT2D eigenvalue weighted by atomic mass is 10.2. The predicted octanol–water partition coefficient (Wildman–Crippen LogP) is -0.407. The van der Waals surface area contributed by atoms with Gasteiger partial charge in [0.25, 0.3) is 0 Å². The number of carbonyl (C=O) groups is 1. The lowest BCUT2D eigenvalue weighted by Crippen LogP contribution is -2.40. The van der Waals surface area contributed by atoms with Crippen molar-refractivity contribution in [2.45, 2.75) is 38.0 Å². The molecule has 1 saturated heterocycles. The smallest absolute Gasteiger partial charge is 0.220 e. The molecule has 1 unspecified atom stereocenters. The van der Waals surface area contributed by atoms with Crippen LogP contribution >= 0.6 is 0 Å². The standard InChI is InChI=1S/C8H16N2O3S/c1-6(2)14(12,13)9-5-7-3-4-8(11)10-7/h6-7,9H,3-5H2,1-2H3,(H,10,11). The van der Waals surface area contributed by atoms with Crippen LogP contribution in [0.3, 0.4) is 0 Å². The second-order valence-electron chi connectivity index (χ2n) is 3.75. The normalized spacial score (nSPS) is 22.8. The minimum Gasteiger partial charge on any atom is -0.352 e. The molecule has 0 radical (unpaired) electrons. The number of hydrogen-bond acceptors (Lipinski definition) is 3. The number of sulfonamides is 1. The molecule has 0 bridgehead atoms. The van der Waals surface area contributed by atoms with Crippen molar-refractivity contribution >= 4 is 15.9 Å². The van der Waals surface area contributed by atoms with E-state index in [9.17, 15) is 13.2 Å². The highest BCUT2D eigenvalue weighted by atomic mass is 32.2. The Morgan fingerprint density at radius 2 is 2.21 bits per heavy atom. The molecule has 0 aromatic carbocycles. The number of hydrogen-bond donors (Lipinski definition) is 2. The van der Waals surface area contributed by atoms with Gasteiger partial charge in [0.15, 0.2) is 0 Å². The van der Waals surface area contributed by atoms with E-state index < -0.39 is 15.3 Å². The van der Waals surface area contributed by atoms with Gasteiger partial charge in [-0.3, -0.25) is 4.79 Å². The van der Waals surface area contributed by atoms with Crippen LogP contribution in [0.1, 0.15) is 26.7 Å². The summed E-state index contributed by atoms with van der Waals surface area (Å²) in [5.74, 6) is -0.00116. The summed E-state index contributed by atoms with van der Waals surface area (Å²) in [7, 11) is -3.20. The first-order valence-corrected chi connectivity index (χ1v) is 6.24. The summed E-state index contributed by atoms with van der Waals surface area (Å²) in [6.45, 7) is 3.54. The zero-order chi connectivity index (χ0) is 10.8. The van der Waals surface area contributed by atoms with Gasteiger partial charge in [-0.05, 0) is 20.3 Å². The Morgan fingerprint density at radius 3 is 2.64 bits per heavy atom. The van der Waals surface area contributed by atoms with Crippen LogP contribution in [0.25, 0.3) is 0 Å². The Labute approximate surface area is 84.3 Å². The second-order valence-corrected chi connectivity index (χ2v) is 6.07. The summed E-state index contributed by atoms with van der Waals surface area (Å²) in [5.41, 5.74) is 0. The topological polar surface area (TPSA) is 75.3 Å². The SMILES string of the molecule is CC(C)S(=O)(=O)NCC1CCC(=O)N1. The number of nitrogens with one attached hydrogen (secondary N) is 2. The van der Waals surface area contributed by atoms with Gasteiger partial charge in [-0.1, -0.05) is 0 Å². The molecule has 1 amide bonds. The van der Waals surface area contributed by atoms with Crippen LogP contribution in [0.4, 0.5) is 0 Å². The van der Waals surface area contributed by atoms with E-state index in [4.69, 9.17) is 0 Å². The van der Waals surface area contributed by atoms with Gasteiger partial charge in [-0.25, -0.2) is 13.1 Å². The van der Waals surface area contributed by atoms with Gasteiger partial charge in [0.2, 0.25) is 15.9 Å². The van der Waals surface area contributed by atoms with Crippen LogP contribution in [0, 0.1) is 0 Å². The summed E-state index contributed by atoms with van der Waals surface area (Å²) in [6, 6.07) is -0.0453. The Balaban J connectivity index is 2.38. The lowest BCUT2D eigenvalue weighted by molar-refractivity contribution is -0.119. The highest BCUT2D eigenvalue weighted by Gasteiger charge is 2.23. The summed E-state index contributed by atoms with van der Waals surface area (Å²) in [5, 5.41) is 2.27. The summed E-state index contributed by atoms with van der Waals surface area (Å²) < 4.78 is 25.2. The van der Waals surface area contributed by atoms with Gasteiger partial charge in [-0.2, -0.15) is 0 Å². The van der Waals surface area contributed by atoms with Crippen molar-refractivity contribution in [3.05, 3.63) is 0 Å². The van der Waals surface area contributed by atoms with Crippen LogP contribution in [0.15, 0.2) is 0 Å². The fraction of sp³-hybridized carbons (Fsp3) is 0.875. The van der Waals surface area contributed by atoms with Crippen molar-refractivity contribution in [2.75, 3.05) is 6.54 Å². The summed E-state index contributed by atoms with van der Waals surface area (Å²) in [4.78, 5) is 10.8. The van der Waals surface area contributed by atoms with Crippen molar-refractivity contribution in [1.29, 1.82) is 0 Å². The third-order valence-electron chi connectivity index (χ3n) is 2.24. The van der Waals surface area contributed by atoms with Crippen molar-refractivity contribution in [2.24, 2.45) is 0 Å². The summed E-state index contributed by atoms with van der Waals surface area (Å²) >= 11 is 0. The van der Waals surface area contributed by atoms with E-state index in [1.54, 1.807) is 13.8 Å². The number of rotatable bonds is 4. The fourth-order valence-corrected chi connectivity index (χ4v) is 1.98. The maximum Gasteiger partial charge on any atom is 0.220 e. The molecular formula is C8H16N2O3S. The maximum absolute atomic E-state index is 11.3. The lowest BCUT2D eigenvalue weighted by Gasteiger charge is -2.13. The second kappa shape index (κ2) is 4.27. The van der Waals surface area contributed by atoms with E-state index in [0.29, 0.717) is 19.4 Å². The molecule has 1 fully saturated rings. The molecular weight excluding hydrogens is 204 g/mol. The molecule has 6 heteroatoms. The van der Waals surface area contributed by atoms with Crippen LogP contribution in [0.5, 0.6) is 0 Å². The Morgan fingerprint density at radius 1 is 1.57 bits per heavy atom. The van der Waals surface area contributed by atoms with E-state index in [-0.39, 0.29) is 11.9 Å². The molecule has 1 rings (SSSR count). The monoisotopic (exact) mass is 220 g/mol. The van der Waals surface area contributed by atoms with Crippen LogP contribution in [-0.4, -0.2) is 32.2 Å². The van der Waals surface area contributed by atoms with Crippen molar-refractivity contribution in [1.82, 2.24) is 10.0 Å². The van der Waals surface area contributed by atoms with Gasteiger partial charge in [-0.15, -0.1) is 0 Å². The van der Waals surface area contributed by atoms with E-state index in [0.717, 1.165) is 0 Å². The Bertz CT molecular complexity index is 311. The average molecular weight is 220 g/mol. The van der Waals surface area contributed by atoms with Gasteiger partial charge in [0.05, 0.1) is 5.25 Å². The molecule has 1 atom stereocenters. The molecule has 0 saturated carbocycles. The van der Waals surface area contributed by atoms with Gasteiger partial charge in [0.1, 0.15) is 0 Å². The van der Waals surface area contributed by atoms with Crippen LogP contribution in [-0.2, 0) is 14.8 Å². The van der Waals surface area contributed by atoms with Crippen molar-refractivity contribution < 1.29 is 13.2 Å². The third kappa shape index (κ3) is 2.95. The van der Waals surface area contributed by atoms with Crippen LogP contribution in [0.2, 0.25) is 0 Å². The van der Waals surface area contributed by atoms with Gasteiger partial charge < -0.3 is 5.32 Å². The first kappa shape index (κ1) is 11.5. The molecule has 1 aliphatic rings. The molecule has 0 aromatic rings. The molecule has 5 nitrogen and oxygen atoms in total. The zero-order valence-corrected chi connectivity index (χ0v) is 9.23. The minimum absolute atomic E-state index is 0.00116. The average Bonchev–Trinajstić information content (AvgIpc) is 2.48. The van der Waals surface area contributed by atoms with Gasteiger partial charge in [0, 0.05) is 19.0 Å². The number of carbonyl (C=O) groups excluding carboxylic acids is 1. The first-order chi connectivity index (χ1) is 6.42. The fourth-order valence-electron chi connectivity index (χ4n) is 1.21. The summed E-state index contributed by atoms with van der Waals surface area (Å²) in [6.07, 6.45) is 1.20. The predicted molar refractivity (Wildman–Crippen MR) is 53.2 cm³/mol. The molecule has 2 N–H and O–H groups in total. The largest absolute Gasteiger partial charge is 0.352 e. The molecule has 1 heterocycles. The molecule has 82 valence electrons. The molecule has 0 aromatic heterocycles. The highest BCUT2D eigenvalue weighted by Crippen LogP contribution is 2.06. The van der Waals surface area contributed by atoms with E-state index in [2.05, 4.69) is 10.0 Å². The Kier molecular flexibility index (Phi) is 3.49. The van der Waals surface area contributed by atoms with Crippen molar-refractivity contribution in [3.8, 4) is 0 Å². The minimum atomic E-state index is -3.20. The van der Waals surface area contributed by atoms with E-state index in [1.807, 2.05) is 0 Å². The maximum atomic E-state index is 11.3. The zero-order valence-electron chi connectivity index (χ0n) is 8.41. The molecule has 14 heavy (non-hydrogen) atoms. The molecule has 0 aliphatic carbocycles. The van der Waals surface area contributed by atoms with Crippen molar-refractivity contribution in [3.63, 3.8) is 0 Å². The third-order valence-corrected chi connectivity index (χ3v) is 4.05. The first-order valence-electron chi connectivity index (χ1n) is 4.69. The molecule has 1 aliphatic heterocycles. The highest BCUT2D eigenvalue weighted by molar-refractivity contribution is 7.90. The van der Waals surface area contributed by atoms with E-state index >= 15 is 0 Å². The van der Waals surface area contributed by atoms with E-state index in [1.165, 1.54) is 0 Å². The Hall–Kier alpha value is -0.620.